The zero-order chi connectivity index (χ0) is 14.5. The summed E-state index contributed by atoms with van der Waals surface area (Å²) >= 11 is 0. The van der Waals surface area contributed by atoms with E-state index < -0.39 is 0 Å². The van der Waals surface area contributed by atoms with Crippen LogP contribution in [0.15, 0.2) is 0 Å². The number of aliphatic hydroxyl groups excluding tert-OH is 1. The van der Waals surface area contributed by atoms with Gasteiger partial charge < -0.3 is 20.5 Å². The lowest BCUT2D eigenvalue weighted by atomic mass is 9.85. The highest BCUT2D eigenvalue weighted by atomic mass is 16.5. The van der Waals surface area contributed by atoms with Crippen molar-refractivity contribution in [3.05, 3.63) is 0 Å². The Labute approximate surface area is 116 Å². The average molecular weight is 272 g/mol. The van der Waals surface area contributed by atoms with Crippen LogP contribution in [0.4, 0.5) is 4.79 Å². The Balaban J connectivity index is 2.43. The van der Waals surface area contributed by atoms with Crippen molar-refractivity contribution in [3.63, 3.8) is 0 Å². The number of hydrogen-bond acceptors (Lipinski definition) is 3. The fourth-order valence-corrected chi connectivity index (χ4v) is 2.32. The SMILES string of the molecule is CC(NC(=O)NC(CCO)C(C)(C)C)C1CCOC1. The Kier molecular flexibility index (Phi) is 6.07. The molecule has 3 unspecified atom stereocenters. The maximum Gasteiger partial charge on any atom is 0.315 e. The number of amides is 2. The molecule has 1 aliphatic rings. The molecule has 0 aromatic rings. The van der Waals surface area contributed by atoms with Gasteiger partial charge in [-0.25, -0.2) is 4.79 Å². The van der Waals surface area contributed by atoms with Crippen molar-refractivity contribution < 1.29 is 14.6 Å². The van der Waals surface area contributed by atoms with Crippen molar-refractivity contribution in [2.75, 3.05) is 19.8 Å². The number of carbonyl (C=O) groups is 1. The van der Waals surface area contributed by atoms with Gasteiger partial charge in [-0.05, 0) is 25.2 Å². The molecule has 1 heterocycles. The Bertz CT molecular complexity index is 283. The van der Waals surface area contributed by atoms with E-state index in [-0.39, 0.29) is 30.1 Å². The van der Waals surface area contributed by atoms with Crippen LogP contribution < -0.4 is 10.6 Å². The van der Waals surface area contributed by atoms with Crippen LogP contribution >= 0.6 is 0 Å². The molecule has 0 radical (unpaired) electrons. The van der Waals surface area contributed by atoms with Gasteiger partial charge in [-0.3, -0.25) is 0 Å². The van der Waals surface area contributed by atoms with E-state index in [1.165, 1.54) is 0 Å². The zero-order valence-electron chi connectivity index (χ0n) is 12.5. The smallest absolute Gasteiger partial charge is 0.315 e. The van der Waals surface area contributed by atoms with Crippen LogP contribution in [-0.4, -0.2) is 43.0 Å². The van der Waals surface area contributed by atoms with E-state index in [0.29, 0.717) is 12.3 Å². The summed E-state index contributed by atoms with van der Waals surface area (Å²) in [6, 6.07) is -0.0884. The third-order valence-corrected chi connectivity index (χ3v) is 3.80. The number of rotatable bonds is 5. The molecule has 5 nitrogen and oxygen atoms in total. The molecule has 0 aliphatic carbocycles. The van der Waals surface area contributed by atoms with Crippen molar-refractivity contribution in [3.8, 4) is 0 Å². The molecule has 0 bridgehead atoms. The standard InChI is InChI=1S/C14H28N2O3/c1-10(11-6-8-19-9-11)15-13(18)16-12(5-7-17)14(2,3)4/h10-12,17H,5-9H2,1-4H3,(H2,15,16,18). The van der Waals surface area contributed by atoms with Gasteiger partial charge in [0.1, 0.15) is 0 Å². The number of carbonyl (C=O) groups excluding carboxylic acids is 1. The van der Waals surface area contributed by atoms with Gasteiger partial charge in [0.15, 0.2) is 0 Å². The molecule has 1 aliphatic heterocycles. The van der Waals surface area contributed by atoms with Crippen LogP contribution in [0.1, 0.15) is 40.5 Å². The minimum atomic E-state index is -0.159. The second kappa shape index (κ2) is 7.10. The van der Waals surface area contributed by atoms with Gasteiger partial charge in [-0.2, -0.15) is 0 Å². The van der Waals surface area contributed by atoms with Crippen molar-refractivity contribution in [1.29, 1.82) is 0 Å². The first kappa shape index (κ1) is 16.2. The predicted molar refractivity (Wildman–Crippen MR) is 75.0 cm³/mol. The zero-order valence-corrected chi connectivity index (χ0v) is 12.5. The van der Waals surface area contributed by atoms with Gasteiger partial charge in [-0.1, -0.05) is 20.8 Å². The van der Waals surface area contributed by atoms with Crippen molar-refractivity contribution in [2.45, 2.75) is 52.6 Å². The molecule has 1 rings (SSSR count). The normalized spacial score (nSPS) is 22.9. The van der Waals surface area contributed by atoms with Crippen LogP contribution in [0.5, 0.6) is 0 Å². The molecule has 1 fully saturated rings. The van der Waals surface area contributed by atoms with E-state index in [9.17, 15) is 4.79 Å². The first-order chi connectivity index (χ1) is 8.84. The minimum Gasteiger partial charge on any atom is -0.396 e. The van der Waals surface area contributed by atoms with E-state index in [0.717, 1.165) is 19.6 Å². The molecule has 0 aromatic heterocycles. The van der Waals surface area contributed by atoms with Gasteiger partial charge in [-0.15, -0.1) is 0 Å². The highest BCUT2D eigenvalue weighted by molar-refractivity contribution is 5.74. The van der Waals surface area contributed by atoms with Crippen LogP contribution in [0.2, 0.25) is 0 Å². The molecule has 3 atom stereocenters. The van der Waals surface area contributed by atoms with E-state index >= 15 is 0 Å². The summed E-state index contributed by atoms with van der Waals surface area (Å²) in [7, 11) is 0. The summed E-state index contributed by atoms with van der Waals surface area (Å²) in [4.78, 5) is 12.0. The first-order valence-electron chi connectivity index (χ1n) is 7.10. The summed E-state index contributed by atoms with van der Waals surface area (Å²) in [6.07, 6.45) is 1.57. The van der Waals surface area contributed by atoms with Crippen molar-refractivity contribution in [2.24, 2.45) is 11.3 Å². The van der Waals surface area contributed by atoms with Crippen LogP contribution in [-0.2, 0) is 4.74 Å². The topological polar surface area (TPSA) is 70.6 Å². The first-order valence-corrected chi connectivity index (χ1v) is 7.10. The maximum absolute atomic E-state index is 12.0. The quantitative estimate of drug-likeness (QED) is 0.710. The highest BCUT2D eigenvalue weighted by Gasteiger charge is 2.28. The molecular formula is C14H28N2O3. The largest absolute Gasteiger partial charge is 0.396 e. The van der Waals surface area contributed by atoms with Gasteiger partial charge in [0.25, 0.3) is 0 Å². The minimum absolute atomic E-state index is 0.0375. The molecule has 5 heteroatoms. The number of hydrogen-bond donors (Lipinski definition) is 3. The lowest BCUT2D eigenvalue weighted by Crippen LogP contribution is -2.51. The number of nitrogens with one attached hydrogen (secondary N) is 2. The van der Waals surface area contributed by atoms with Gasteiger partial charge >= 0.3 is 6.03 Å². The second-order valence-corrected chi connectivity index (χ2v) is 6.46. The maximum atomic E-state index is 12.0. The third kappa shape index (κ3) is 5.37. The van der Waals surface area contributed by atoms with E-state index in [4.69, 9.17) is 9.84 Å². The average Bonchev–Trinajstić information content (AvgIpc) is 2.80. The highest BCUT2D eigenvalue weighted by Crippen LogP contribution is 2.21. The predicted octanol–water partition coefficient (Wildman–Crippen LogP) is 1.51. The molecule has 0 spiro atoms. The lowest BCUT2D eigenvalue weighted by molar-refractivity contribution is 0.173. The van der Waals surface area contributed by atoms with Crippen LogP contribution in [0, 0.1) is 11.3 Å². The number of urea groups is 1. The Morgan fingerprint density at radius 2 is 2.11 bits per heavy atom. The van der Waals surface area contributed by atoms with Gasteiger partial charge in [0.2, 0.25) is 0 Å². The van der Waals surface area contributed by atoms with E-state index in [2.05, 4.69) is 31.4 Å². The summed E-state index contributed by atoms with van der Waals surface area (Å²) in [5.74, 6) is 0.400. The lowest BCUT2D eigenvalue weighted by Gasteiger charge is -2.32. The second-order valence-electron chi connectivity index (χ2n) is 6.46. The summed E-state index contributed by atoms with van der Waals surface area (Å²) in [6.45, 7) is 9.77. The fraction of sp³-hybridized carbons (Fsp3) is 0.929. The van der Waals surface area contributed by atoms with Crippen molar-refractivity contribution >= 4 is 6.03 Å². The molecule has 0 saturated carbocycles. The van der Waals surface area contributed by atoms with Crippen LogP contribution in [0.3, 0.4) is 0 Å². The Morgan fingerprint density at radius 3 is 2.58 bits per heavy atom. The Morgan fingerprint density at radius 1 is 1.42 bits per heavy atom. The molecule has 112 valence electrons. The molecule has 1 saturated heterocycles. The van der Waals surface area contributed by atoms with Gasteiger partial charge in [0.05, 0.1) is 6.61 Å². The molecular weight excluding hydrogens is 244 g/mol. The van der Waals surface area contributed by atoms with E-state index in [1.807, 2.05) is 6.92 Å². The summed E-state index contributed by atoms with van der Waals surface area (Å²) < 4.78 is 5.33. The third-order valence-electron chi connectivity index (χ3n) is 3.80. The Hall–Kier alpha value is -0.810. The number of aliphatic hydroxyl groups is 1. The summed E-state index contributed by atoms with van der Waals surface area (Å²) in [5, 5.41) is 15.0. The van der Waals surface area contributed by atoms with Crippen LogP contribution in [0.25, 0.3) is 0 Å². The number of ether oxygens (including phenoxy) is 1. The van der Waals surface area contributed by atoms with Gasteiger partial charge in [0, 0.05) is 31.2 Å². The van der Waals surface area contributed by atoms with Crippen molar-refractivity contribution in [1.82, 2.24) is 10.6 Å². The summed E-state index contributed by atoms with van der Waals surface area (Å²) in [5.41, 5.74) is -0.0697. The monoisotopic (exact) mass is 272 g/mol. The molecule has 0 aromatic carbocycles. The fourth-order valence-electron chi connectivity index (χ4n) is 2.32. The molecule has 19 heavy (non-hydrogen) atoms. The van der Waals surface area contributed by atoms with E-state index in [1.54, 1.807) is 0 Å². The molecule has 2 amide bonds. The molecule has 3 N–H and O–H groups in total.